The van der Waals surface area contributed by atoms with E-state index >= 15 is 0 Å². The lowest BCUT2D eigenvalue weighted by atomic mass is 10.1. The fraction of sp³-hybridized carbons (Fsp3) is 0.400. The summed E-state index contributed by atoms with van der Waals surface area (Å²) < 4.78 is 7.72. The van der Waals surface area contributed by atoms with E-state index in [0.717, 1.165) is 12.4 Å². The summed E-state index contributed by atoms with van der Waals surface area (Å²) in [5, 5.41) is 10.8. The summed E-state index contributed by atoms with van der Waals surface area (Å²) in [4.78, 5) is 4.26. The highest BCUT2D eigenvalue weighted by Gasteiger charge is 2.18. The van der Waals surface area contributed by atoms with E-state index in [1.165, 1.54) is 0 Å². The van der Waals surface area contributed by atoms with Gasteiger partial charge in [0.1, 0.15) is 17.7 Å². The number of aromatic nitrogens is 2. The normalized spacial score (nSPS) is 14.0. The highest BCUT2D eigenvalue weighted by molar-refractivity contribution is 6.30. The average Bonchev–Trinajstić information content (AvgIpc) is 2.85. The molecule has 2 unspecified atom stereocenters. The SMILES string of the molecule is CCn1ccnc1CC(O)C(C)Oc1cccc(Cl)c1. The minimum absolute atomic E-state index is 0.338. The Morgan fingerprint density at radius 3 is 2.95 bits per heavy atom. The van der Waals surface area contributed by atoms with Crippen molar-refractivity contribution >= 4 is 11.6 Å². The van der Waals surface area contributed by atoms with Crippen LogP contribution in [0, 0.1) is 0 Å². The average molecular weight is 295 g/mol. The molecule has 2 rings (SSSR count). The highest BCUT2D eigenvalue weighted by Crippen LogP contribution is 2.19. The molecule has 0 spiro atoms. The molecule has 0 fully saturated rings. The maximum atomic E-state index is 10.2. The van der Waals surface area contributed by atoms with Crippen molar-refractivity contribution < 1.29 is 9.84 Å². The molecule has 0 saturated carbocycles. The van der Waals surface area contributed by atoms with Crippen LogP contribution < -0.4 is 4.74 Å². The molecule has 5 heteroatoms. The number of rotatable bonds is 6. The Balaban J connectivity index is 1.97. The Morgan fingerprint density at radius 1 is 1.45 bits per heavy atom. The first kappa shape index (κ1) is 14.9. The molecule has 4 nitrogen and oxygen atoms in total. The summed E-state index contributed by atoms with van der Waals surface area (Å²) in [7, 11) is 0. The van der Waals surface area contributed by atoms with E-state index < -0.39 is 6.10 Å². The van der Waals surface area contributed by atoms with Crippen molar-refractivity contribution in [2.75, 3.05) is 0 Å². The number of aliphatic hydroxyl groups is 1. The maximum absolute atomic E-state index is 10.2. The van der Waals surface area contributed by atoms with E-state index in [1.54, 1.807) is 18.3 Å². The molecule has 0 radical (unpaired) electrons. The van der Waals surface area contributed by atoms with Gasteiger partial charge < -0.3 is 14.4 Å². The van der Waals surface area contributed by atoms with E-state index in [2.05, 4.69) is 4.98 Å². The molecule has 2 aromatic rings. The van der Waals surface area contributed by atoms with Crippen LogP contribution in [0.15, 0.2) is 36.7 Å². The Bertz CT molecular complexity index is 556. The van der Waals surface area contributed by atoms with Gasteiger partial charge in [-0.3, -0.25) is 0 Å². The van der Waals surface area contributed by atoms with Crippen LogP contribution in [0.4, 0.5) is 0 Å². The Morgan fingerprint density at radius 2 is 2.25 bits per heavy atom. The molecule has 1 heterocycles. The van der Waals surface area contributed by atoms with Crippen LogP contribution in [0.2, 0.25) is 5.02 Å². The number of hydrogen-bond acceptors (Lipinski definition) is 3. The number of imidazole rings is 1. The number of aliphatic hydroxyl groups excluding tert-OH is 1. The Labute approximate surface area is 124 Å². The first-order valence-electron chi connectivity index (χ1n) is 6.70. The predicted molar refractivity (Wildman–Crippen MR) is 79.2 cm³/mol. The lowest BCUT2D eigenvalue weighted by Crippen LogP contribution is -2.31. The smallest absolute Gasteiger partial charge is 0.122 e. The third-order valence-electron chi connectivity index (χ3n) is 3.19. The summed E-state index contributed by atoms with van der Waals surface area (Å²) in [6.45, 7) is 4.72. The van der Waals surface area contributed by atoms with Crippen LogP contribution in [0.3, 0.4) is 0 Å². The zero-order chi connectivity index (χ0) is 14.5. The molecule has 108 valence electrons. The van der Waals surface area contributed by atoms with Crippen LogP contribution in [-0.4, -0.2) is 26.9 Å². The van der Waals surface area contributed by atoms with Gasteiger partial charge in [-0.15, -0.1) is 0 Å². The van der Waals surface area contributed by atoms with Crippen LogP contribution in [0.25, 0.3) is 0 Å². The van der Waals surface area contributed by atoms with E-state index in [4.69, 9.17) is 16.3 Å². The molecule has 0 saturated heterocycles. The lowest BCUT2D eigenvalue weighted by Gasteiger charge is -2.20. The molecular formula is C15H19ClN2O2. The number of hydrogen-bond donors (Lipinski definition) is 1. The zero-order valence-electron chi connectivity index (χ0n) is 11.7. The minimum atomic E-state index is -0.623. The summed E-state index contributed by atoms with van der Waals surface area (Å²) >= 11 is 5.91. The van der Waals surface area contributed by atoms with Crippen molar-refractivity contribution in [3.8, 4) is 5.75 Å². The molecule has 0 aliphatic carbocycles. The first-order chi connectivity index (χ1) is 9.60. The Hall–Kier alpha value is -1.52. The molecule has 0 aliphatic heterocycles. The number of aryl methyl sites for hydroxylation is 1. The van der Waals surface area contributed by atoms with Gasteiger partial charge in [-0.05, 0) is 32.0 Å². The third kappa shape index (κ3) is 3.74. The second kappa shape index (κ2) is 6.77. The van der Waals surface area contributed by atoms with Crippen molar-refractivity contribution in [3.63, 3.8) is 0 Å². The lowest BCUT2D eigenvalue weighted by molar-refractivity contribution is 0.0460. The minimum Gasteiger partial charge on any atom is -0.488 e. The van der Waals surface area contributed by atoms with Crippen molar-refractivity contribution in [1.29, 1.82) is 0 Å². The standard InChI is InChI=1S/C15H19ClN2O2/c1-3-18-8-7-17-15(18)10-14(19)11(2)20-13-6-4-5-12(16)9-13/h4-9,11,14,19H,3,10H2,1-2H3. The molecular weight excluding hydrogens is 276 g/mol. The van der Waals surface area contributed by atoms with Gasteiger partial charge in [0.05, 0.1) is 6.10 Å². The van der Waals surface area contributed by atoms with Gasteiger partial charge in [0.15, 0.2) is 0 Å². The topological polar surface area (TPSA) is 47.3 Å². The number of benzene rings is 1. The van der Waals surface area contributed by atoms with Gasteiger partial charge in [-0.25, -0.2) is 4.98 Å². The molecule has 0 amide bonds. The van der Waals surface area contributed by atoms with Crippen molar-refractivity contribution in [2.45, 2.75) is 39.0 Å². The molecule has 1 N–H and O–H groups in total. The van der Waals surface area contributed by atoms with Gasteiger partial charge in [0.25, 0.3) is 0 Å². The fourth-order valence-corrected chi connectivity index (χ4v) is 2.18. The molecule has 2 atom stereocenters. The molecule has 0 bridgehead atoms. The fourth-order valence-electron chi connectivity index (χ4n) is 2.00. The van der Waals surface area contributed by atoms with Crippen molar-refractivity contribution in [3.05, 3.63) is 47.5 Å². The van der Waals surface area contributed by atoms with Gasteiger partial charge in [-0.2, -0.15) is 0 Å². The summed E-state index contributed by atoms with van der Waals surface area (Å²) in [6.07, 6.45) is 3.15. The van der Waals surface area contributed by atoms with E-state index in [1.807, 2.05) is 36.7 Å². The molecule has 1 aromatic heterocycles. The first-order valence-corrected chi connectivity index (χ1v) is 7.08. The van der Waals surface area contributed by atoms with E-state index in [0.29, 0.717) is 17.2 Å². The van der Waals surface area contributed by atoms with Crippen molar-refractivity contribution in [1.82, 2.24) is 9.55 Å². The number of halogens is 1. The van der Waals surface area contributed by atoms with Crippen LogP contribution in [0.5, 0.6) is 5.75 Å². The maximum Gasteiger partial charge on any atom is 0.122 e. The third-order valence-corrected chi connectivity index (χ3v) is 3.43. The van der Waals surface area contributed by atoms with E-state index in [9.17, 15) is 5.11 Å². The van der Waals surface area contributed by atoms with Crippen LogP contribution in [0.1, 0.15) is 19.7 Å². The van der Waals surface area contributed by atoms with Crippen molar-refractivity contribution in [2.24, 2.45) is 0 Å². The van der Waals surface area contributed by atoms with Gasteiger partial charge in [0, 0.05) is 30.4 Å². The van der Waals surface area contributed by atoms with E-state index in [-0.39, 0.29) is 6.10 Å². The summed E-state index contributed by atoms with van der Waals surface area (Å²) in [6, 6.07) is 7.16. The molecule has 20 heavy (non-hydrogen) atoms. The second-order valence-corrected chi connectivity index (χ2v) is 5.12. The van der Waals surface area contributed by atoms with Crippen LogP contribution in [-0.2, 0) is 13.0 Å². The van der Waals surface area contributed by atoms with Gasteiger partial charge in [0.2, 0.25) is 0 Å². The number of ether oxygens (including phenoxy) is 1. The summed E-state index contributed by atoms with van der Waals surface area (Å²) in [5.41, 5.74) is 0. The van der Waals surface area contributed by atoms with Gasteiger partial charge >= 0.3 is 0 Å². The highest BCUT2D eigenvalue weighted by atomic mass is 35.5. The molecule has 0 aliphatic rings. The Kier molecular flexibility index (Phi) is 5.04. The number of nitrogens with zero attached hydrogens (tertiary/aromatic N) is 2. The predicted octanol–water partition coefficient (Wildman–Crippen LogP) is 2.93. The second-order valence-electron chi connectivity index (χ2n) is 4.68. The largest absolute Gasteiger partial charge is 0.488 e. The van der Waals surface area contributed by atoms with Gasteiger partial charge in [-0.1, -0.05) is 17.7 Å². The quantitative estimate of drug-likeness (QED) is 0.891. The molecule has 1 aromatic carbocycles. The van der Waals surface area contributed by atoms with Crippen LogP contribution >= 0.6 is 11.6 Å². The monoisotopic (exact) mass is 294 g/mol. The zero-order valence-corrected chi connectivity index (χ0v) is 12.4. The summed E-state index contributed by atoms with van der Waals surface area (Å²) in [5.74, 6) is 1.52.